The smallest absolute Gasteiger partial charge is 0.255 e. The van der Waals surface area contributed by atoms with E-state index in [1.165, 1.54) is 31.0 Å². The molecule has 0 bridgehead atoms. The average molecular weight is 397 g/mol. The molecule has 0 saturated carbocycles. The lowest BCUT2D eigenvalue weighted by Crippen LogP contribution is -2.19. The summed E-state index contributed by atoms with van der Waals surface area (Å²) in [7, 11) is 0. The zero-order valence-electron chi connectivity index (χ0n) is 15.0. The van der Waals surface area contributed by atoms with Crippen LogP contribution in [0.1, 0.15) is 23.2 Å². The van der Waals surface area contributed by atoms with Crippen molar-refractivity contribution < 1.29 is 9.18 Å². The summed E-state index contributed by atoms with van der Waals surface area (Å²) in [5, 5.41) is 2.69. The van der Waals surface area contributed by atoms with Gasteiger partial charge < -0.3 is 10.2 Å². The number of hydrogen-bond donors (Lipinski definition) is 1. The number of benzene rings is 2. The fourth-order valence-corrected chi connectivity index (χ4v) is 3.40. The lowest BCUT2D eigenvalue weighted by atomic mass is 10.1. The van der Waals surface area contributed by atoms with Gasteiger partial charge in [0.25, 0.3) is 5.91 Å². The van der Waals surface area contributed by atoms with Crippen molar-refractivity contribution in [1.29, 1.82) is 0 Å². The lowest BCUT2D eigenvalue weighted by Gasteiger charge is -2.16. The molecule has 0 radical (unpaired) electrons. The summed E-state index contributed by atoms with van der Waals surface area (Å²) in [4.78, 5) is 23.5. The van der Waals surface area contributed by atoms with Crippen molar-refractivity contribution in [1.82, 2.24) is 9.97 Å². The lowest BCUT2D eigenvalue weighted by molar-refractivity contribution is 0.102. The standard InChI is InChI=1S/C21H18ClFN4O/c22-17-11-16(6-7-18(17)23)26-21(28)15-5-3-4-14(10-15)19-12-20(25-13-24-19)27-8-1-2-9-27/h3-7,10-13H,1-2,8-9H2,(H,26,28). The molecule has 28 heavy (non-hydrogen) atoms. The molecule has 4 rings (SSSR count). The molecular weight excluding hydrogens is 379 g/mol. The van der Waals surface area contributed by atoms with E-state index < -0.39 is 5.82 Å². The summed E-state index contributed by atoms with van der Waals surface area (Å²) in [5.74, 6) is 0.0656. The molecule has 1 amide bonds. The van der Waals surface area contributed by atoms with Crippen molar-refractivity contribution >= 4 is 29.0 Å². The summed E-state index contributed by atoms with van der Waals surface area (Å²) in [5.41, 5.74) is 2.49. The molecule has 3 aromatic rings. The summed E-state index contributed by atoms with van der Waals surface area (Å²) in [6, 6.07) is 13.2. The minimum absolute atomic E-state index is 0.0398. The van der Waals surface area contributed by atoms with Crippen LogP contribution in [-0.4, -0.2) is 29.0 Å². The maximum absolute atomic E-state index is 13.3. The third-order valence-corrected chi connectivity index (χ3v) is 4.97. The van der Waals surface area contributed by atoms with Crippen LogP contribution in [0.4, 0.5) is 15.9 Å². The van der Waals surface area contributed by atoms with Crippen LogP contribution in [0, 0.1) is 5.82 Å². The molecule has 5 nitrogen and oxygen atoms in total. The number of aromatic nitrogens is 2. The zero-order valence-corrected chi connectivity index (χ0v) is 15.8. The Kier molecular flexibility index (Phi) is 5.21. The van der Waals surface area contributed by atoms with Crippen LogP contribution in [0.5, 0.6) is 0 Å². The van der Waals surface area contributed by atoms with Gasteiger partial charge in [-0.1, -0.05) is 23.7 Å². The number of nitrogens with one attached hydrogen (secondary N) is 1. The second kappa shape index (κ2) is 7.94. The number of carbonyl (C=O) groups excluding carboxylic acids is 1. The molecule has 1 N–H and O–H groups in total. The maximum Gasteiger partial charge on any atom is 0.255 e. The normalized spacial score (nSPS) is 13.6. The number of nitrogens with zero attached hydrogens (tertiary/aromatic N) is 3. The van der Waals surface area contributed by atoms with Crippen molar-refractivity contribution in [3.8, 4) is 11.3 Å². The maximum atomic E-state index is 13.3. The van der Waals surface area contributed by atoms with Gasteiger partial charge >= 0.3 is 0 Å². The van der Waals surface area contributed by atoms with Crippen LogP contribution >= 0.6 is 11.6 Å². The highest BCUT2D eigenvalue weighted by atomic mass is 35.5. The Balaban J connectivity index is 1.56. The van der Waals surface area contributed by atoms with Crippen molar-refractivity contribution in [2.24, 2.45) is 0 Å². The Labute approximate surface area is 167 Å². The third kappa shape index (κ3) is 3.97. The monoisotopic (exact) mass is 396 g/mol. The number of hydrogen-bond acceptors (Lipinski definition) is 4. The molecule has 2 aromatic carbocycles. The molecule has 2 heterocycles. The molecule has 1 aliphatic heterocycles. The van der Waals surface area contributed by atoms with Crippen LogP contribution in [0.2, 0.25) is 5.02 Å². The second-order valence-electron chi connectivity index (χ2n) is 6.62. The molecule has 1 saturated heterocycles. The van der Waals surface area contributed by atoms with E-state index in [0.717, 1.165) is 30.2 Å². The first-order valence-corrected chi connectivity index (χ1v) is 9.42. The molecule has 1 aromatic heterocycles. The van der Waals surface area contributed by atoms with Gasteiger partial charge in [0, 0.05) is 36.0 Å². The number of anilines is 2. The number of halogens is 2. The molecule has 0 atom stereocenters. The van der Waals surface area contributed by atoms with Gasteiger partial charge in [0.2, 0.25) is 0 Å². The van der Waals surface area contributed by atoms with Crippen LogP contribution in [0.15, 0.2) is 54.9 Å². The first-order valence-electron chi connectivity index (χ1n) is 9.04. The zero-order chi connectivity index (χ0) is 19.5. The van der Waals surface area contributed by atoms with Crippen LogP contribution in [-0.2, 0) is 0 Å². The van der Waals surface area contributed by atoms with Gasteiger partial charge in [-0.2, -0.15) is 0 Å². The predicted octanol–water partition coefficient (Wildman–Crippen LogP) is 4.79. The largest absolute Gasteiger partial charge is 0.357 e. The van der Waals surface area contributed by atoms with E-state index in [1.54, 1.807) is 24.5 Å². The highest BCUT2D eigenvalue weighted by Crippen LogP contribution is 2.25. The molecule has 7 heteroatoms. The minimum Gasteiger partial charge on any atom is -0.357 e. The van der Waals surface area contributed by atoms with Gasteiger partial charge in [-0.3, -0.25) is 4.79 Å². The van der Waals surface area contributed by atoms with Gasteiger partial charge in [0.1, 0.15) is 18.0 Å². The second-order valence-corrected chi connectivity index (χ2v) is 7.03. The van der Waals surface area contributed by atoms with Crippen molar-refractivity contribution in [3.05, 3.63) is 71.3 Å². The molecule has 0 aliphatic carbocycles. The number of amides is 1. The predicted molar refractivity (Wildman–Crippen MR) is 108 cm³/mol. The molecule has 0 spiro atoms. The topological polar surface area (TPSA) is 58.1 Å². The van der Waals surface area contributed by atoms with E-state index in [2.05, 4.69) is 20.2 Å². The first-order chi connectivity index (χ1) is 13.6. The fraction of sp³-hybridized carbons (Fsp3) is 0.190. The van der Waals surface area contributed by atoms with Crippen molar-refractivity contribution in [3.63, 3.8) is 0 Å². The highest BCUT2D eigenvalue weighted by molar-refractivity contribution is 6.31. The van der Waals surface area contributed by atoms with Gasteiger partial charge in [-0.05, 0) is 43.2 Å². The molecule has 142 valence electrons. The van der Waals surface area contributed by atoms with Gasteiger partial charge in [0.15, 0.2) is 0 Å². The van der Waals surface area contributed by atoms with E-state index in [9.17, 15) is 9.18 Å². The third-order valence-electron chi connectivity index (χ3n) is 4.68. The highest BCUT2D eigenvalue weighted by Gasteiger charge is 2.15. The number of carbonyl (C=O) groups is 1. The molecular formula is C21H18ClFN4O. The first kappa shape index (κ1) is 18.4. The Morgan fingerprint density at radius 3 is 2.68 bits per heavy atom. The van der Waals surface area contributed by atoms with Crippen LogP contribution < -0.4 is 10.2 Å². The fourth-order valence-electron chi connectivity index (χ4n) is 3.22. The quantitative estimate of drug-likeness (QED) is 0.689. The van der Waals surface area contributed by atoms with E-state index in [1.807, 2.05) is 12.1 Å². The molecule has 1 fully saturated rings. The van der Waals surface area contributed by atoms with E-state index in [4.69, 9.17) is 11.6 Å². The van der Waals surface area contributed by atoms with E-state index in [0.29, 0.717) is 11.3 Å². The average Bonchev–Trinajstić information content (AvgIpc) is 3.26. The molecule has 1 aliphatic rings. The van der Waals surface area contributed by atoms with Crippen molar-refractivity contribution in [2.45, 2.75) is 12.8 Å². The Hall–Kier alpha value is -2.99. The number of rotatable bonds is 4. The van der Waals surface area contributed by atoms with E-state index >= 15 is 0 Å². The summed E-state index contributed by atoms with van der Waals surface area (Å²) < 4.78 is 13.3. The molecule has 0 unspecified atom stereocenters. The Bertz CT molecular complexity index is 1020. The van der Waals surface area contributed by atoms with Crippen molar-refractivity contribution in [2.75, 3.05) is 23.3 Å². The summed E-state index contributed by atoms with van der Waals surface area (Å²) in [6.07, 6.45) is 3.89. The summed E-state index contributed by atoms with van der Waals surface area (Å²) in [6.45, 7) is 2.00. The summed E-state index contributed by atoms with van der Waals surface area (Å²) >= 11 is 5.77. The minimum atomic E-state index is -0.528. The van der Waals surface area contributed by atoms with Gasteiger partial charge in [-0.25, -0.2) is 14.4 Å². The van der Waals surface area contributed by atoms with Crippen LogP contribution in [0.25, 0.3) is 11.3 Å². The van der Waals surface area contributed by atoms with Gasteiger partial charge in [0.05, 0.1) is 10.7 Å². The van der Waals surface area contributed by atoms with Crippen LogP contribution in [0.3, 0.4) is 0 Å². The van der Waals surface area contributed by atoms with Gasteiger partial charge in [-0.15, -0.1) is 0 Å². The SMILES string of the molecule is O=C(Nc1ccc(F)c(Cl)c1)c1cccc(-c2cc(N3CCCC3)ncn2)c1. The Morgan fingerprint density at radius 1 is 1.07 bits per heavy atom. The Morgan fingerprint density at radius 2 is 1.89 bits per heavy atom. The van der Waals surface area contributed by atoms with E-state index in [-0.39, 0.29) is 10.9 Å².